The van der Waals surface area contributed by atoms with Crippen LogP contribution in [0, 0.1) is 11.8 Å². The number of nitrogens with one attached hydrogen (secondary N) is 1. The van der Waals surface area contributed by atoms with Crippen molar-refractivity contribution < 1.29 is 37.4 Å². The number of nitrogens with zero attached hydrogens (tertiary/aromatic N) is 3. The zero-order valence-corrected chi connectivity index (χ0v) is 24.8. The lowest BCUT2D eigenvalue weighted by molar-refractivity contribution is -0.146. The SMILES string of the molecule is CCC(CC)COC(=O)[C@H](C)NP(=O)(OCC1=C(O)C2[C@H](n3ccc4c(N)nc(Cl)nc43)C2(F)O1)Oc1ccccc1. The van der Waals surface area contributed by atoms with Crippen LogP contribution < -0.4 is 15.3 Å². The molecule has 15 heteroatoms. The maximum atomic E-state index is 15.8. The van der Waals surface area contributed by atoms with Crippen LogP contribution in [0.25, 0.3) is 11.0 Å². The number of aromatic nitrogens is 3. The first-order chi connectivity index (χ1) is 20.0. The largest absolute Gasteiger partial charge is 0.508 e. The van der Waals surface area contributed by atoms with E-state index in [0.29, 0.717) is 5.39 Å². The van der Waals surface area contributed by atoms with Gasteiger partial charge in [0, 0.05) is 6.20 Å². The molecular weight excluding hydrogens is 592 g/mol. The Balaban J connectivity index is 1.30. The van der Waals surface area contributed by atoms with E-state index in [1.165, 1.54) is 11.5 Å². The molecule has 1 aliphatic heterocycles. The highest BCUT2D eigenvalue weighted by atomic mass is 35.5. The number of esters is 1. The third-order valence-electron chi connectivity index (χ3n) is 7.42. The molecule has 226 valence electrons. The lowest BCUT2D eigenvalue weighted by Crippen LogP contribution is -2.36. The van der Waals surface area contributed by atoms with Crippen molar-refractivity contribution in [1.29, 1.82) is 0 Å². The second-order valence-electron chi connectivity index (χ2n) is 10.2. The van der Waals surface area contributed by atoms with E-state index in [1.807, 2.05) is 13.8 Å². The highest BCUT2D eigenvalue weighted by molar-refractivity contribution is 7.52. The fraction of sp³-hybridized carbons (Fsp3) is 0.444. The van der Waals surface area contributed by atoms with Crippen molar-refractivity contribution in [2.24, 2.45) is 11.8 Å². The lowest BCUT2D eigenvalue weighted by atomic mass is 10.1. The number of fused-ring (bicyclic) bond motifs is 2. The topological polar surface area (TPSA) is 160 Å². The number of nitrogen functional groups attached to an aromatic ring is 1. The van der Waals surface area contributed by atoms with Crippen LogP contribution in [0.2, 0.25) is 5.28 Å². The number of carbonyl (C=O) groups excluding carboxylic acids is 1. The first-order valence-electron chi connectivity index (χ1n) is 13.5. The predicted molar refractivity (Wildman–Crippen MR) is 152 cm³/mol. The number of halogens is 2. The number of benzene rings is 1. The number of alkyl halides is 1. The summed E-state index contributed by atoms with van der Waals surface area (Å²) in [6.07, 6.45) is 3.24. The molecule has 4 N–H and O–H groups in total. The second-order valence-corrected chi connectivity index (χ2v) is 12.2. The van der Waals surface area contributed by atoms with Gasteiger partial charge in [0.05, 0.1) is 12.0 Å². The van der Waals surface area contributed by atoms with Crippen LogP contribution in [0.5, 0.6) is 5.75 Å². The van der Waals surface area contributed by atoms with Crippen LogP contribution in [0.4, 0.5) is 10.2 Å². The van der Waals surface area contributed by atoms with Crippen molar-refractivity contribution in [3.8, 4) is 5.75 Å². The maximum absolute atomic E-state index is 15.8. The van der Waals surface area contributed by atoms with E-state index in [9.17, 15) is 14.5 Å². The number of hydrogen-bond acceptors (Lipinski definition) is 10. The van der Waals surface area contributed by atoms with Crippen molar-refractivity contribution >= 4 is 42.2 Å². The van der Waals surface area contributed by atoms with Gasteiger partial charge in [-0.05, 0) is 42.6 Å². The molecule has 0 saturated heterocycles. The quantitative estimate of drug-likeness (QED) is 0.126. The number of hydrogen-bond donors (Lipinski definition) is 3. The molecule has 3 unspecified atom stereocenters. The molecule has 0 spiro atoms. The minimum atomic E-state index is -4.27. The number of nitrogens with two attached hydrogens (primary N) is 1. The van der Waals surface area contributed by atoms with E-state index in [1.54, 1.807) is 42.6 Å². The third-order valence-corrected chi connectivity index (χ3v) is 9.22. The predicted octanol–water partition coefficient (Wildman–Crippen LogP) is 5.46. The zero-order chi connectivity index (χ0) is 30.2. The highest BCUT2D eigenvalue weighted by Gasteiger charge is 2.77. The fourth-order valence-electron chi connectivity index (χ4n) is 4.89. The molecule has 2 aliphatic rings. The summed E-state index contributed by atoms with van der Waals surface area (Å²) in [5.41, 5.74) is 6.18. The lowest BCUT2D eigenvalue weighted by Gasteiger charge is -2.24. The first-order valence-corrected chi connectivity index (χ1v) is 15.4. The van der Waals surface area contributed by atoms with Crippen molar-refractivity contribution in [3.05, 3.63) is 59.4 Å². The Kier molecular flexibility index (Phi) is 8.39. The summed E-state index contributed by atoms with van der Waals surface area (Å²) in [6, 6.07) is 7.76. The fourth-order valence-corrected chi connectivity index (χ4v) is 6.51. The van der Waals surface area contributed by atoms with Gasteiger partial charge in [-0.25, -0.2) is 9.55 Å². The number of rotatable bonds is 13. The number of ether oxygens (including phenoxy) is 2. The summed E-state index contributed by atoms with van der Waals surface area (Å²) in [5, 5.41) is 13.8. The number of anilines is 1. The molecule has 5 atom stereocenters. The van der Waals surface area contributed by atoms with Gasteiger partial charge >= 0.3 is 13.7 Å². The molecule has 1 saturated carbocycles. The van der Waals surface area contributed by atoms with E-state index in [4.69, 9.17) is 35.9 Å². The van der Waals surface area contributed by atoms with E-state index in [2.05, 4.69) is 15.1 Å². The molecule has 5 rings (SSSR count). The Hall–Kier alpha value is -3.38. The second kappa shape index (κ2) is 11.7. The van der Waals surface area contributed by atoms with Crippen LogP contribution in [0.1, 0.15) is 39.7 Å². The van der Waals surface area contributed by atoms with Crippen molar-refractivity contribution in [3.63, 3.8) is 0 Å². The number of aliphatic hydroxyl groups excluding tert-OH is 1. The van der Waals surface area contributed by atoms with E-state index >= 15 is 4.39 Å². The Morgan fingerprint density at radius 3 is 2.64 bits per heavy atom. The number of para-hydroxylation sites is 1. The Labute approximate surface area is 246 Å². The summed E-state index contributed by atoms with van der Waals surface area (Å²) < 4.78 is 53.1. The van der Waals surface area contributed by atoms with Crippen molar-refractivity contribution in [1.82, 2.24) is 19.6 Å². The van der Waals surface area contributed by atoms with E-state index in [-0.39, 0.29) is 40.8 Å². The minimum absolute atomic E-state index is 0.108. The van der Waals surface area contributed by atoms with Crippen molar-refractivity contribution in [2.45, 2.75) is 51.6 Å². The van der Waals surface area contributed by atoms with Crippen LogP contribution in [-0.2, 0) is 23.4 Å². The smallest absolute Gasteiger partial charge is 0.459 e. The maximum Gasteiger partial charge on any atom is 0.459 e. The molecule has 2 aromatic heterocycles. The summed E-state index contributed by atoms with van der Waals surface area (Å²) in [5.74, 6) is -4.18. The standard InChI is InChI=1S/C27H32ClFN5O7P/c1-4-16(5-2)13-38-25(36)15(3)33-42(37,41-17-9-7-6-8-10-17)39-14-19-21(35)20-22(27(20,29)40-19)34-12-11-18-23(30)31-26(28)32-24(18)34/h6-12,15-16,20,22,35H,4-5,13-14H2,1-3H3,(H,33,37)(H2,30,31,32)/t15-,20?,22-,27?,42?/m0/s1. The molecule has 1 fully saturated rings. The van der Waals surface area contributed by atoms with Gasteiger partial charge in [-0.1, -0.05) is 44.9 Å². The molecule has 3 heterocycles. The third kappa shape index (κ3) is 5.78. The highest BCUT2D eigenvalue weighted by Crippen LogP contribution is 2.67. The van der Waals surface area contributed by atoms with Gasteiger partial charge in [-0.15, -0.1) is 0 Å². The van der Waals surface area contributed by atoms with Gasteiger partial charge in [0.2, 0.25) is 5.28 Å². The Morgan fingerprint density at radius 2 is 2.00 bits per heavy atom. The zero-order valence-electron chi connectivity index (χ0n) is 23.2. The summed E-state index contributed by atoms with van der Waals surface area (Å²) in [7, 11) is -4.27. The Morgan fingerprint density at radius 1 is 1.29 bits per heavy atom. The molecule has 1 aliphatic carbocycles. The monoisotopic (exact) mass is 623 g/mol. The molecule has 1 aromatic carbocycles. The Bertz CT molecular complexity index is 1550. The molecular formula is C27H32ClFN5O7P. The van der Waals surface area contributed by atoms with Gasteiger partial charge in [0.15, 0.2) is 5.76 Å². The van der Waals surface area contributed by atoms with Gasteiger partial charge in [0.1, 0.15) is 47.6 Å². The summed E-state index contributed by atoms with van der Waals surface area (Å²) in [4.78, 5) is 20.7. The average molecular weight is 624 g/mol. The minimum Gasteiger partial charge on any atom is -0.508 e. The van der Waals surface area contributed by atoms with Gasteiger partial charge in [-0.2, -0.15) is 14.5 Å². The first kappa shape index (κ1) is 30.1. The average Bonchev–Trinajstić information content (AvgIpc) is 3.20. The normalized spacial score (nSPS) is 23.4. The molecule has 42 heavy (non-hydrogen) atoms. The molecule has 12 nitrogen and oxygen atoms in total. The van der Waals surface area contributed by atoms with Crippen molar-refractivity contribution in [2.75, 3.05) is 18.9 Å². The molecule has 3 aromatic rings. The van der Waals surface area contributed by atoms with E-state index in [0.717, 1.165) is 12.8 Å². The van der Waals surface area contributed by atoms with Crippen LogP contribution in [0.15, 0.2) is 54.1 Å². The molecule has 0 bridgehead atoms. The van der Waals surface area contributed by atoms with Crippen LogP contribution in [0.3, 0.4) is 0 Å². The van der Waals surface area contributed by atoms with E-state index < -0.39 is 49.9 Å². The summed E-state index contributed by atoms with van der Waals surface area (Å²) in [6.45, 7) is 5.08. The molecule has 0 amide bonds. The number of aliphatic hydroxyl groups is 1. The number of carbonyl (C=O) groups is 1. The van der Waals surface area contributed by atoms with Crippen LogP contribution >= 0.6 is 19.3 Å². The molecule has 0 radical (unpaired) electrons. The van der Waals surface area contributed by atoms with Gasteiger partial charge < -0.3 is 29.4 Å². The van der Waals surface area contributed by atoms with Gasteiger partial charge in [-0.3, -0.25) is 9.32 Å². The van der Waals surface area contributed by atoms with Crippen LogP contribution in [-0.4, -0.2) is 50.7 Å². The van der Waals surface area contributed by atoms with Gasteiger partial charge in [0.25, 0.3) is 5.85 Å². The summed E-state index contributed by atoms with van der Waals surface area (Å²) >= 11 is 5.94.